The van der Waals surface area contributed by atoms with Crippen molar-refractivity contribution < 1.29 is 4.84 Å². The summed E-state index contributed by atoms with van der Waals surface area (Å²) in [5, 5.41) is 5.66. The normalized spacial score (nSPS) is 10.2. The zero-order valence-corrected chi connectivity index (χ0v) is 24.0. The lowest BCUT2D eigenvalue weighted by Gasteiger charge is -2.00. The molecule has 202 valence electrons. The lowest BCUT2D eigenvalue weighted by atomic mass is 10.1. The Labute approximate surface area is 223 Å². The number of nitrogens with zero attached hydrogens (tertiary/aromatic N) is 6. The maximum absolute atomic E-state index is 4.42. The van der Waals surface area contributed by atoms with Gasteiger partial charge in [-0.25, -0.2) is 24.9 Å². The molecule has 0 fully saturated rings. The highest BCUT2D eigenvalue weighted by molar-refractivity contribution is 7.07. The summed E-state index contributed by atoms with van der Waals surface area (Å²) in [6.07, 6.45) is 11.8. The molecule has 0 unspecified atom stereocenters. The second kappa shape index (κ2) is 21.5. The van der Waals surface area contributed by atoms with Crippen molar-refractivity contribution in [2.45, 2.75) is 88.0 Å². The van der Waals surface area contributed by atoms with Crippen molar-refractivity contribution in [1.29, 1.82) is 0 Å². The molecule has 0 bridgehead atoms. The minimum Gasteiger partial charge on any atom is -0.399 e. The van der Waals surface area contributed by atoms with E-state index in [2.05, 4.69) is 81.8 Å². The van der Waals surface area contributed by atoms with Crippen LogP contribution < -0.4 is 0 Å². The van der Waals surface area contributed by atoms with Crippen LogP contribution in [0.25, 0.3) is 0 Å². The molecule has 0 saturated heterocycles. The van der Waals surface area contributed by atoms with E-state index in [4.69, 9.17) is 0 Å². The summed E-state index contributed by atoms with van der Waals surface area (Å²) in [5.74, 6) is 3.10. The Bertz CT molecular complexity index is 880. The van der Waals surface area contributed by atoms with Gasteiger partial charge in [0.15, 0.2) is 0 Å². The third-order valence-electron chi connectivity index (χ3n) is 4.13. The van der Waals surface area contributed by atoms with Crippen LogP contribution in [0.5, 0.6) is 0 Å². The van der Waals surface area contributed by atoms with E-state index in [-0.39, 0.29) is 7.43 Å². The highest BCUT2D eigenvalue weighted by atomic mass is 32.1. The molecule has 0 aliphatic rings. The van der Waals surface area contributed by atoms with Crippen molar-refractivity contribution >= 4 is 17.6 Å². The smallest absolute Gasteiger partial charge is 0.130 e. The van der Waals surface area contributed by atoms with Gasteiger partial charge in [-0.3, -0.25) is 0 Å². The summed E-state index contributed by atoms with van der Waals surface area (Å²) in [7, 11) is 1.54. The summed E-state index contributed by atoms with van der Waals surface area (Å²) >= 11 is 1.67. The molecular weight excluding hydrogens is 468 g/mol. The molecule has 0 saturated carbocycles. The van der Waals surface area contributed by atoms with Crippen LogP contribution in [-0.2, 0) is 11.3 Å². The van der Waals surface area contributed by atoms with E-state index in [9.17, 15) is 0 Å². The lowest BCUT2D eigenvalue weighted by Crippen LogP contribution is -1.95. The average molecular weight is 517 g/mol. The van der Waals surface area contributed by atoms with Gasteiger partial charge in [0, 0.05) is 42.3 Å². The highest BCUT2D eigenvalue weighted by Crippen LogP contribution is 2.09. The van der Waals surface area contributed by atoms with Crippen LogP contribution in [-0.4, -0.2) is 38.2 Å². The first-order valence-electron chi connectivity index (χ1n) is 12.0. The van der Waals surface area contributed by atoms with E-state index in [1.54, 1.807) is 31.0 Å². The van der Waals surface area contributed by atoms with Crippen molar-refractivity contribution in [2.75, 3.05) is 7.11 Å². The zero-order valence-electron chi connectivity index (χ0n) is 23.1. The number of thiazole rings is 1. The number of hydrogen-bond acceptors (Lipinski definition) is 8. The molecule has 3 aromatic heterocycles. The van der Waals surface area contributed by atoms with Gasteiger partial charge in [-0.15, -0.1) is 11.3 Å². The monoisotopic (exact) mass is 516 g/mol. The Kier molecular flexibility index (Phi) is 21.2. The van der Waals surface area contributed by atoms with Crippen LogP contribution in [0, 0.1) is 18.8 Å². The summed E-state index contributed by atoms with van der Waals surface area (Å²) < 4.78 is 0. The summed E-state index contributed by atoms with van der Waals surface area (Å²) in [5.41, 5.74) is 5.43. The summed E-state index contributed by atoms with van der Waals surface area (Å²) in [6.45, 7) is 18.9. The average Bonchev–Trinajstić information content (AvgIpc) is 3.32. The zero-order chi connectivity index (χ0) is 26.6. The van der Waals surface area contributed by atoms with Gasteiger partial charge >= 0.3 is 0 Å². The maximum atomic E-state index is 4.42. The molecule has 0 spiro atoms. The molecule has 3 aromatic rings. The molecule has 0 amide bonds. The van der Waals surface area contributed by atoms with Crippen LogP contribution in [0.1, 0.15) is 97.3 Å². The van der Waals surface area contributed by atoms with E-state index in [0.717, 1.165) is 23.7 Å². The molecule has 3 heterocycles. The molecule has 3 rings (SSSR count). The van der Waals surface area contributed by atoms with Gasteiger partial charge in [-0.05, 0) is 42.2 Å². The van der Waals surface area contributed by atoms with Crippen molar-refractivity contribution in [3.8, 4) is 0 Å². The fourth-order valence-corrected chi connectivity index (χ4v) is 2.82. The Morgan fingerprint density at radius 2 is 1.47 bits per heavy atom. The van der Waals surface area contributed by atoms with Gasteiger partial charge < -0.3 is 4.84 Å². The number of aryl methyl sites for hydroxylation is 1. The predicted octanol–water partition coefficient (Wildman–Crippen LogP) is 7.76. The maximum Gasteiger partial charge on any atom is 0.130 e. The third kappa shape index (κ3) is 19.6. The van der Waals surface area contributed by atoms with Crippen LogP contribution >= 0.6 is 11.3 Å². The van der Waals surface area contributed by atoms with Crippen LogP contribution in [0.15, 0.2) is 47.2 Å². The SMILES string of the molecule is C.CC(C)Cc1cscn1.CC(C)c1cncnc1.CON=CC(C)C.Cc1cnc(C(C)C)nc1. The van der Waals surface area contributed by atoms with Gasteiger partial charge in [-0.2, -0.15) is 0 Å². The molecule has 7 nitrogen and oxygen atoms in total. The van der Waals surface area contributed by atoms with E-state index in [0.29, 0.717) is 17.8 Å². The van der Waals surface area contributed by atoms with Gasteiger partial charge in [0.2, 0.25) is 0 Å². The Morgan fingerprint density at radius 1 is 0.889 bits per heavy atom. The van der Waals surface area contributed by atoms with E-state index >= 15 is 0 Å². The number of rotatable bonds is 6. The quantitative estimate of drug-likeness (QED) is 0.246. The number of aromatic nitrogens is 5. The topological polar surface area (TPSA) is 86.0 Å². The molecule has 0 atom stereocenters. The molecule has 0 aliphatic carbocycles. The fraction of sp³-hybridized carbons (Fsp3) is 0.571. The van der Waals surface area contributed by atoms with Gasteiger partial charge in [-0.1, -0.05) is 68.0 Å². The first-order chi connectivity index (χ1) is 16.6. The first-order valence-corrected chi connectivity index (χ1v) is 13.0. The Balaban J connectivity index is 0. The van der Waals surface area contributed by atoms with Gasteiger partial charge in [0.25, 0.3) is 0 Å². The van der Waals surface area contributed by atoms with Crippen molar-refractivity contribution in [1.82, 2.24) is 24.9 Å². The van der Waals surface area contributed by atoms with Crippen molar-refractivity contribution in [3.63, 3.8) is 0 Å². The second-order valence-electron chi connectivity index (χ2n) is 9.36. The Morgan fingerprint density at radius 3 is 1.81 bits per heavy atom. The highest BCUT2D eigenvalue weighted by Gasteiger charge is 1.99. The third-order valence-corrected chi connectivity index (χ3v) is 4.77. The van der Waals surface area contributed by atoms with Gasteiger partial charge in [0.05, 0.1) is 11.2 Å². The predicted molar refractivity (Wildman–Crippen MR) is 155 cm³/mol. The molecular formula is C28H48N6OS. The number of oxime groups is 1. The first kappa shape index (κ1) is 35.4. The fourth-order valence-electron chi connectivity index (χ4n) is 2.25. The molecule has 0 N–H and O–H groups in total. The van der Waals surface area contributed by atoms with Crippen LogP contribution in [0.3, 0.4) is 0 Å². The van der Waals surface area contributed by atoms with Crippen molar-refractivity contribution in [3.05, 3.63) is 64.7 Å². The lowest BCUT2D eigenvalue weighted by molar-refractivity contribution is 0.213. The minimum absolute atomic E-state index is 0. The van der Waals surface area contributed by atoms with Crippen LogP contribution in [0.2, 0.25) is 0 Å². The molecule has 36 heavy (non-hydrogen) atoms. The summed E-state index contributed by atoms with van der Waals surface area (Å²) in [4.78, 5) is 24.7. The minimum atomic E-state index is 0. The summed E-state index contributed by atoms with van der Waals surface area (Å²) in [6, 6.07) is 0. The van der Waals surface area contributed by atoms with E-state index < -0.39 is 0 Å². The van der Waals surface area contributed by atoms with E-state index in [1.165, 1.54) is 11.3 Å². The van der Waals surface area contributed by atoms with E-state index in [1.807, 2.05) is 51.1 Å². The molecule has 0 aliphatic heterocycles. The standard InChI is InChI=1S/C8H12N2.C7H10N2.C7H11NS.C5H11NO.CH4/c1-6(2)8-9-4-7(3)5-10-8;1-6(2)7-3-8-5-9-4-7;1-6(2)3-7-4-9-5-8-7;1-5(2)4-6-7-3;/h4-6H,1-3H3;3-6H,1-2H3;4-6H,3H2,1-2H3;4-5H,1-3H3;1H4. The number of hydrogen-bond donors (Lipinski definition) is 0. The second-order valence-corrected chi connectivity index (χ2v) is 10.1. The van der Waals surface area contributed by atoms with Crippen LogP contribution in [0.4, 0.5) is 0 Å². The molecule has 0 aromatic carbocycles. The Hall–Kier alpha value is -2.74. The molecule has 0 radical (unpaired) electrons. The van der Waals surface area contributed by atoms with Gasteiger partial charge in [0.1, 0.15) is 19.3 Å². The van der Waals surface area contributed by atoms with Crippen molar-refractivity contribution in [2.24, 2.45) is 17.0 Å². The molecule has 8 heteroatoms. The largest absolute Gasteiger partial charge is 0.399 e.